The number of ether oxygens (including phenoxy) is 2. The second-order valence-electron chi connectivity index (χ2n) is 7.21. The van der Waals surface area contributed by atoms with Crippen molar-refractivity contribution in [1.82, 2.24) is 0 Å². The number of benzene rings is 3. The van der Waals surface area contributed by atoms with Crippen molar-refractivity contribution in [2.45, 2.75) is 12.8 Å². The van der Waals surface area contributed by atoms with Gasteiger partial charge in [-0.1, -0.05) is 60.1 Å². The summed E-state index contributed by atoms with van der Waals surface area (Å²) in [5.41, 5.74) is -1.21. The number of hydrogen-bond donors (Lipinski definition) is 0. The van der Waals surface area contributed by atoms with Crippen LogP contribution in [0.5, 0.6) is 5.75 Å². The highest BCUT2D eigenvalue weighted by atomic mass is 35.5. The second-order valence-corrected chi connectivity index (χ2v) is 7.61. The minimum atomic E-state index is -4.96. The molecule has 0 radical (unpaired) electrons. The van der Waals surface area contributed by atoms with E-state index in [4.69, 9.17) is 25.5 Å². The molecule has 0 saturated heterocycles. The Balaban J connectivity index is 1.61. The first-order valence-electron chi connectivity index (χ1n) is 9.99. The number of hydrogen-bond acceptors (Lipinski definition) is 5. The lowest BCUT2D eigenvalue weighted by Gasteiger charge is -2.14. The Kier molecular flexibility index (Phi) is 6.61. The third kappa shape index (κ3) is 5.07. The number of esters is 1. The fourth-order valence-electron chi connectivity index (χ4n) is 3.29. The van der Waals surface area contributed by atoms with Crippen molar-refractivity contribution in [3.05, 3.63) is 99.4 Å². The van der Waals surface area contributed by atoms with Crippen molar-refractivity contribution < 1.29 is 31.9 Å². The summed E-state index contributed by atoms with van der Waals surface area (Å²) < 4.78 is 56.9. The minimum Gasteiger partial charge on any atom is -0.482 e. The minimum absolute atomic E-state index is 0.0198. The van der Waals surface area contributed by atoms with Crippen molar-refractivity contribution in [2.75, 3.05) is 6.61 Å². The van der Waals surface area contributed by atoms with Crippen LogP contribution >= 0.6 is 11.6 Å². The summed E-state index contributed by atoms with van der Waals surface area (Å²) in [6.45, 7) is -0.429. The van der Waals surface area contributed by atoms with Gasteiger partial charge in [-0.2, -0.15) is 13.2 Å². The fraction of sp³-hybridized carbons (Fsp3) is 0.120. The molecule has 174 valence electrons. The average molecular weight is 489 g/mol. The molecule has 0 N–H and O–H groups in total. The SMILES string of the molecule is O=C(COc1ccc2c(=O)c(-c3ccccc3Cl)c(C(F)(F)F)oc2c1)OCc1ccccc1. The highest BCUT2D eigenvalue weighted by molar-refractivity contribution is 6.33. The van der Waals surface area contributed by atoms with E-state index in [2.05, 4.69) is 0 Å². The van der Waals surface area contributed by atoms with Crippen molar-refractivity contribution >= 4 is 28.5 Å². The smallest absolute Gasteiger partial charge is 0.450 e. The fourth-order valence-corrected chi connectivity index (χ4v) is 3.52. The van der Waals surface area contributed by atoms with Gasteiger partial charge >= 0.3 is 12.1 Å². The molecular weight excluding hydrogens is 473 g/mol. The van der Waals surface area contributed by atoms with Gasteiger partial charge in [0, 0.05) is 16.7 Å². The van der Waals surface area contributed by atoms with Crippen LogP contribution in [-0.4, -0.2) is 12.6 Å². The Morgan fingerprint density at radius 3 is 2.38 bits per heavy atom. The molecule has 1 aromatic heterocycles. The molecule has 1 heterocycles. The van der Waals surface area contributed by atoms with Gasteiger partial charge in [0.2, 0.25) is 11.2 Å². The van der Waals surface area contributed by atoms with Gasteiger partial charge in [0.15, 0.2) is 6.61 Å². The van der Waals surface area contributed by atoms with Crippen LogP contribution in [0.1, 0.15) is 11.3 Å². The molecule has 4 aromatic rings. The molecule has 0 saturated carbocycles. The number of carbonyl (C=O) groups excluding carboxylic acids is 1. The number of fused-ring (bicyclic) bond motifs is 1. The molecule has 0 amide bonds. The van der Waals surface area contributed by atoms with Gasteiger partial charge in [-0.05, 0) is 23.8 Å². The van der Waals surface area contributed by atoms with Gasteiger partial charge in [-0.3, -0.25) is 4.79 Å². The molecule has 0 aliphatic carbocycles. The van der Waals surface area contributed by atoms with E-state index in [1.807, 2.05) is 6.07 Å². The van der Waals surface area contributed by atoms with Crippen LogP contribution in [-0.2, 0) is 22.3 Å². The summed E-state index contributed by atoms with van der Waals surface area (Å²) in [5.74, 6) is -2.11. The predicted octanol–water partition coefficient (Wildman–Crippen LogP) is 6.25. The van der Waals surface area contributed by atoms with Crippen LogP contribution < -0.4 is 10.2 Å². The van der Waals surface area contributed by atoms with Crippen molar-refractivity contribution in [3.63, 3.8) is 0 Å². The zero-order valence-electron chi connectivity index (χ0n) is 17.4. The molecule has 0 unspecified atom stereocenters. The maximum absolute atomic E-state index is 13.8. The van der Waals surface area contributed by atoms with E-state index in [0.717, 1.165) is 11.6 Å². The number of halogens is 4. The summed E-state index contributed by atoms with van der Waals surface area (Å²) in [6.07, 6.45) is -4.96. The third-order valence-corrected chi connectivity index (χ3v) is 5.19. The zero-order valence-corrected chi connectivity index (χ0v) is 18.2. The Labute approximate surface area is 196 Å². The summed E-state index contributed by atoms with van der Waals surface area (Å²) in [6, 6.07) is 18.4. The molecule has 3 aromatic carbocycles. The van der Waals surface area contributed by atoms with E-state index in [9.17, 15) is 22.8 Å². The van der Waals surface area contributed by atoms with Gasteiger partial charge < -0.3 is 13.9 Å². The Morgan fingerprint density at radius 2 is 1.68 bits per heavy atom. The van der Waals surface area contributed by atoms with E-state index >= 15 is 0 Å². The lowest BCUT2D eigenvalue weighted by molar-refractivity contribution is -0.152. The predicted molar refractivity (Wildman–Crippen MR) is 120 cm³/mol. The lowest BCUT2D eigenvalue weighted by atomic mass is 10.0. The number of rotatable bonds is 6. The van der Waals surface area contributed by atoms with E-state index in [1.54, 1.807) is 24.3 Å². The maximum Gasteiger partial charge on any atom is 0.450 e. The Hall–Kier alpha value is -3.78. The number of carbonyl (C=O) groups is 1. The molecular formula is C25H16ClF3O5. The summed E-state index contributed by atoms with van der Waals surface area (Å²) in [5, 5.41) is -0.115. The standard InChI is InChI=1S/C25H16ClF3O5/c26-19-9-5-4-8-17(19)22-23(31)18-11-10-16(12-20(18)34-24(22)25(27,28)29)32-14-21(30)33-13-15-6-2-1-3-7-15/h1-12H,13-14H2. The molecule has 5 nitrogen and oxygen atoms in total. The van der Waals surface area contributed by atoms with E-state index in [0.29, 0.717) is 0 Å². The van der Waals surface area contributed by atoms with Gasteiger partial charge in [-0.25, -0.2) is 4.79 Å². The maximum atomic E-state index is 13.8. The highest BCUT2D eigenvalue weighted by Gasteiger charge is 2.39. The normalized spacial score (nSPS) is 11.4. The molecule has 9 heteroatoms. The van der Waals surface area contributed by atoms with Crippen LogP contribution in [0.25, 0.3) is 22.1 Å². The molecule has 34 heavy (non-hydrogen) atoms. The first-order chi connectivity index (χ1) is 16.2. The lowest BCUT2D eigenvalue weighted by Crippen LogP contribution is -2.17. The Bertz CT molecular complexity index is 1400. The second kappa shape index (κ2) is 9.61. The van der Waals surface area contributed by atoms with Crippen molar-refractivity contribution in [1.29, 1.82) is 0 Å². The van der Waals surface area contributed by atoms with E-state index in [-0.39, 0.29) is 33.9 Å². The van der Waals surface area contributed by atoms with Crippen LogP contribution in [0.15, 0.2) is 82.0 Å². The summed E-state index contributed by atoms with van der Waals surface area (Å²) in [7, 11) is 0. The summed E-state index contributed by atoms with van der Waals surface area (Å²) in [4.78, 5) is 25.0. The van der Waals surface area contributed by atoms with Gasteiger partial charge in [0.1, 0.15) is 17.9 Å². The topological polar surface area (TPSA) is 65.7 Å². The van der Waals surface area contributed by atoms with Crippen molar-refractivity contribution in [3.8, 4) is 16.9 Å². The average Bonchev–Trinajstić information content (AvgIpc) is 2.82. The molecule has 0 aliphatic rings. The monoisotopic (exact) mass is 488 g/mol. The quantitative estimate of drug-likeness (QED) is 0.300. The molecule has 0 bridgehead atoms. The van der Waals surface area contributed by atoms with Crippen LogP contribution in [0, 0.1) is 0 Å². The number of alkyl halides is 3. The van der Waals surface area contributed by atoms with Crippen LogP contribution in [0.3, 0.4) is 0 Å². The van der Waals surface area contributed by atoms with Gasteiger partial charge in [0.05, 0.1) is 10.9 Å². The third-order valence-electron chi connectivity index (χ3n) is 4.86. The van der Waals surface area contributed by atoms with Crippen LogP contribution in [0.2, 0.25) is 5.02 Å². The highest BCUT2D eigenvalue weighted by Crippen LogP contribution is 2.39. The summed E-state index contributed by atoms with van der Waals surface area (Å²) >= 11 is 6.05. The molecule has 0 spiro atoms. The molecule has 4 rings (SSSR count). The van der Waals surface area contributed by atoms with E-state index in [1.165, 1.54) is 36.4 Å². The van der Waals surface area contributed by atoms with Gasteiger partial charge in [0.25, 0.3) is 0 Å². The first kappa shape index (κ1) is 23.4. The molecule has 0 atom stereocenters. The van der Waals surface area contributed by atoms with Crippen molar-refractivity contribution in [2.24, 2.45) is 0 Å². The largest absolute Gasteiger partial charge is 0.482 e. The van der Waals surface area contributed by atoms with E-state index < -0.39 is 35.5 Å². The molecule has 0 aliphatic heterocycles. The first-order valence-corrected chi connectivity index (χ1v) is 10.4. The zero-order chi connectivity index (χ0) is 24.3. The Morgan fingerprint density at radius 1 is 0.971 bits per heavy atom. The van der Waals surface area contributed by atoms with Crippen LogP contribution in [0.4, 0.5) is 13.2 Å². The molecule has 0 fully saturated rings. The van der Waals surface area contributed by atoms with Gasteiger partial charge in [-0.15, -0.1) is 0 Å².